The van der Waals surface area contributed by atoms with E-state index in [9.17, 15) is 0 Å². The first-order valence-electron chi connectivity index (χ1n) is 3.99. The van der Waals surface area contributed by atoms with Gasteiger partial charge in [0.1, 0.15) is 0 Å². The number of hydrogen-bond acceptors (Lipinski definition) is 3. The number of hydrogen-bond donors (Lipinski definition) is 1. The lowest BCUT2D eigenvalue weighted by atomic mass is 10.0. The molecule has 3 heteroatoms. The molecule has 0 aromatic carbocycles. The number of pyridine rings is 1. The molecular formula is C9H9N3. The summed E-state index contributed by atoms with van der Waals surface area (Å²) >= 11 is 0. The van der Waals surface area contributed by atoms with Crippen LogP contribution in [0.1, 0.15) is 23.7 Å². The second-order valence-corrected chi connectivity index (χ2v) is 2.88. The molecule has 1 aliphatic rings. The van der Waals surface area contributed by atoms with Gasteiger partial charge in [-0.1, -0.05) is 0 Å². The van der Waals surface area contributed by atoms with E-state index in [1.54, 1.807) is 12.3 Å². The van der Waals surface area contributed by atoms with Crippen LogP contribution < -0.4 is 5.32 Å². The standard InChI is InChI=1S/C9H9N3/c10-6-7-1-3-12-9(5-7)8-2-4-11-8/h1,3,5,8,11H,2,4H2. The van der Waals surface area contributed by atoms with E-state index in [2.05, 4.69) is 16.4 Å². The normalized spacial score (nSPS) is 21.1. The molecule has 1 aliphatic heterocycles. The molecule has 1 saturated heterocycles. The predicted molar refractivity (Wildman–Crippen MR) is 44.3 cm³/mol. The highest BCUT2D eigenvalue weighted by molar-refractivity contribution is 5.30. The Labute approximate surface area is 71.0 Å². The van der Waals surface area contributed by atoms with Gasteiger partial charge in [0.2, 0.25) is 0 Å². The van der Waals surface area contributed by atoms with Crippen molar-refractivity contribution >= 4 is 0 Å². The Morgan fingerprint density at radius 3 is 3.08 bits per heavy atom. The van der Waals surface area contributed by atoms with E-state index in [1.807, 2.05) is 6.07 Å². The number of nitrogens with zero attached hydrogens (tertiary/aromatic N) is 2. The Morgan fingerprint density at radius 1 is 1.67 bits per heavy atom. The monoisotopic (exact) mass is 159 g/mol. The van der Waals surface area contributed by atoms with E-state index >= 15 is 0 Å². The van der Waals surface area contributed by atoms with Gasteiger partial charge in [-0.05, 0) is 25.1 Å². The van der Waals surface area contributed by atoms with Gasteiger partial charge in [0, 0.05) is 6.20 Å². The zero-order valence-electron chi connectivity index (χ0n) is 6.62. The van der Waals surface area contributed by atoms with Gasteiger partial charge in [-0.3, -0.25) is 4.98 Å². The number of nitrogens with one attached hydrogen (secondary N) is 1. The van der Waals surface area contributed by atoms with Crippen LogP contribution in [-0.4, -0.2) is 11.5 Å². The summed E-state index contributed by atoms with van der Waals surface area (Å²) in [4.78, 5) is 4.20. The van der Waals surface area contributed by atoms with Crippen LogP contribution in [0, 0.1) is 11.3 Å². The van der Waals surface area contributed by atoms with Crippen molar-refractivity contribution in [2.24, 2.45) is 0 Å². The van der Waals surface area contributed by atoms with Gasteiger partial charge in [0.25, 0.3) is 0 Å². The first-order chi connectivity index (χ1) is 5.90. The fourth-order valence-corrected chi connectivity index (χ4v) is 1.25. The van der Waals surface area contributed by atoms with E-state index < -0.39 is 0 Å². The Morgan fingerprint density at radius 2 is 2.50 bits per heavy atom. The summed E-state index contributed by atoms with van der Waals surface area (Å²) in [6.45, 7) is 1.06. The summed E-state index contributed by atoms with van der Waals surface area (Å²) in [5, 5.41) is 11.9. The molecular weight excluding hydrogens is 150 g/mol. The largest absolute Gasteiger partial charge is 0.309 e. The molecule has 0 spiro atoms. The van der Waals surface area contributed by atoms with E-state index in [0.29, 0.717) is 11.6 Å². The lowest BCUT2D eigenvalue weighted by Gasteiger charge is -2.26. The van der Waals surface area contributed by atoms with Crippen LogP contribution in [0.2, 0.25) is 0 Å². The molecule has 1 unspecified atom stereocenters. The molecule has 60 valence electrons. The second-order valence-electron chi connectivity index (χ2n) is 2.88. The summed E-state index contributed by atoms with van der Waals surface area (Å²) in [6.07, 6.45) is 2.82. The van der Waals surface area contributed by atoms with E-state index in [0.717, 1.165) is 18.7 Å². The highest BCUT2D eigenvalue weighted by Crippen LogP contribution is 2.20. The van der Waals surface area contributed by atoms with Crippen molar-refractivity contribution in [3.05, 3.63) is 29.6 Å². The van der Waals surface area contributed by atoms with Crippen molar-refractivity contribution in [1.29, 1.82) is 5.26 Å². The van der Waals surface area contributed by atoms with Gasteiger partial charge in [0.15, 0.2) is 0 Å². The molecule has 1 atom stereocenters. The van der Waals surface area contributed by atoms with Crippen LogP contribution in [0.3, 0.4) is 0 Å². The van der Waals surface area contributed by atoms with E-state index in [-0.39, 0.29) is 0 Å². The molecule has 0 amide bonds. The summed E-state index contributed by atoms with van der Waals surface area (Å²) in [5.41, 5.74) is 1.68. The van der Waals surface area contributed by atoms with Crippen LogP contribution in [0.4, 0.5) is 0 Å². The average molecular weight is 159 g/mol. The third-order valence-corrected chi connectivity index (χ3v) is 2.09. The predicted octanol–water partition coefficient (Wildman–Crippen LogP) is 0.988. The minimum Gasteiger partial charge on any atom is -0.309 e. The zero-order valence-corrected chi connectivity index (χ0v) is 6.62. The molecule has 0 bridgehead atoms. The summed E-state index contributed by atoms with van der Waals surface area (Å²) < 4.78 is 0. The molecule has 0 radical (unpaired) electrons. The molecule has 0 aliphatic carbocycles. The molecule has 1 N–H and O–H groups in total. The van der Waals surface area contributed by atoms with Crippen molar-refractivity contribution in [3.63, 3.8) is 0 Å². The zero-order chi connectivity index (χ0) is 8.39. The number of aromatic nitrogens is 1. The van der Waals surface area contributed by atoms with Crippen LogP contribution in [0.15, 0.2) is 18.3 Å². The SMILES string of the molecule is N#Cc1ccnc(C2CCN2)c1. The van der Waals surface area contributed by atoms with Gasteiger partial charge in [-0.25, -0.2) is 0 Å². The van der Waals surface area contributed by atoms with Gasteiger partial charge in [-0.2, -0.15) is 5.26 Å². The van der Waals surface area contributed by atoms with Crippen LogP contribution in [0.25, 0.3) is 0 Å². The number of rotatable bonds is 1. The van der Waals surface area contributed by atoms with Crippen LogP contribution >= 0.6 is 0 Å². The van der Waals surface area contributed by atoms with Crippen molar-refractivity contribution in [2.75, 3.05) is 6.54 Å². The summed E-state index contributed by atoms with van der Waals surface area (Å²) in [5.74, 6) is 0. The van der Waals surface area contributed by atoms with Gasteiger partial charge in [-0.15, -0.1) is 0 Å². The smallest absolute Gasteiger partial charge is 0.0992 e. The van der Waals surface area contributed by atoms with Crippen LogP contribution in [-0.2, 0) is 0 Å². The van der Waals surface area contributed by atoms with Gasteiger partial charge < -0.3 is 5.32 Å². The molecule has 2 rings (SSSR count). The maximum absolute atomic E-state index is 8.64. The maximum atomic E-state index is 8.64. The molecule has 1 aromatic rings. The van der Waals surface area contributed by atoms with Crippen molar-refractivity contribution in [3.8, 4) is 6.07 Å². The Balaban J connectivity index is 2.27. The molecule has 2 heterocycles. The summed E-state index contributed by atoms with van der Waals surface area (Å²) in [7, 11) is 0. The average Bonchev–Trinajstić information content (AvgIpc) is 2.02. The molecule has 3 nitrogen and oxygen atoms in total. The van der Waals surface area contributed by atoms with E-state index in [4.69, 9.17) is 5.26 Å². The molecule has 1 aromatic heterocycles. The highest BCUT2D eigenvalue weighted by Gasteiger charge is 2.19. The van der Waals surface area contributed by atoms with Gasteiger partial charge in [0.05, 0.1) is 23.4 Å². The first-order valence-corrected chi connectivity index (χ1v) is 3.99. The third-order valence-electron chi connectivity index (χ3n) is 2.09. The Bertz CT molecular complexity index is 323. The summed E-state index contributed by atoms with van der Waals surface area (Å²) in [6, 6.07) is 6.04. The first kappa shape index (κ1) is 7.26. The van der Waals surface area contributed by atoms with Crippen molar-refractivity contribution in [1.82, 2.24) is 10.3 Å². The topological polar surface area (TPSA) is 48.7 Å². The number of nitriles is 1. The second kappa shape index (κ2) is 2.92. The highest BCUT2D eigenvalue weighted by atomic mass is 15.0. The van der Waals surface area contributed by atoms with Crippen molar-refractivity contribution < 1.29 is 0 Å². The lowest BCUT2D eigenvalue weighted by molar-refractivity contribution is 0.375. The fraction of sp³-hybridized carbons (Fsp3) is 0.333. The fourth-order valence-electron chi connectivity index (χ4n) is 1.25. The Hall–Kier alpha value is -1.40. The molecule has 0 saturated carbocycles. The maximum Gasteiger partial charge on any atom is 0.0992 e. The third kappa shape index (κ3) is 1.17. The minimum absolute atomic E-state index is 0.373. The lowest BCUT2D eigenvalue weighted by Crippen LogP contribution is -2.35. The molecule has 12 heavy (non-hydrogen) atoms. The Kier molecular flexibility index (Phi) is 1.77. The van der Waals surface area contributed by atoms with Crippen LogP contribution in [0.5, 0.6) is 0 Å². The van der Waals surface area contributed by atoms with Crippen molar-refractivity contribution in [2.45, 2.75) is 12.5 Å². The van der Waals surface area contributed by atoms with E-state index in [1.165, 1.54) is 0 Å². The quantitative estimate of drug-likeness (QED) is 0.664. The minimum atomic E-state index is 0.373. The van der Waals surface area contributed by atoms with Gasteiger partial charge >= 0.3 is 0 Å². The molecule has 1 fully saturated rings.